The van der Waals surface area contributed by atoms with Gasteiger partial charge in [-0.05, 0) is 24.1 Å². The normalized spacial score (nSPS) is 14.7. The van der Waals surface area contributed by atoms with Crippen molar-refractivity contribution >= 4 is 16.7 Å². The van der Waals surface area contributed by atoms with E-state index >= 15 is 0 Å². The second kappa shape index (κ2) is 2.64. The number of hydrogen-bond donors (Lipinski definition) is 0. The van der Waals surface area contributed by atoms with Gasteiger partial charge in [0.2, 0.25) is 0 Å². The predicted octanol–water partition coefficient (Wildman–Crippen LogP) is 2.36. The Morgan fingerprint density at radius 1 is 1.14 bits per heavy atom. The highest BCUT2D eigenvalue weighted by atomic mass is 16.1. The Balaban J connectivity index is 2.38. The lowest BCUT2D eigenvalue weighted by atomic mass is 10.1. The summed E-state index contributed by atoms with van der Waals surface area (Å²) in [4.78, 5) is 15.8. The Kier molecular flexibility index (Phi) is 1.45. The zero-order valence-corrected chi connectivity index (χ0v) is 7.66. The van der Waals surface area contributed by atoms with E-state index in [0.717, 1.165) is 22.9 Å². The molecule has 3 rings (SSSR count). The van der Waals surface area contributed by atoms with E-state index in [0.29, 0.717) is 12.1 Å². The summed E-state index contributed by atoms with van der Waals surface area (Å²) in [6.07, 6.45) is 1.48. The van der Waals surface area contributed by atoms with Crippen molar-refractivity contribution in [3.8, 4) is 0 Å². The summed E-state index contributed by atoms with van der Waals surface area (Å²) in [6.45, 7) is 0. The molecule has 14 heavy (non-hydrogen) atoms. The van der Waals surface area contributed by atoms with E-state index < -0.39 is 0 Å². The van der Waals surface area contributed by atoms with E-state index in [-0.39, 0.29) is 5.78 Å². The average Bonchev–Trinajstić information content (AvgIpc) is 2.57. The molecule has 0 aliphatic heterocycles. The largest absolute Gasteiger partial charge is 0.292 e. The Morgan fingerprint density at radius 3 is 2.93 bits per heavy atom. The first kappa shape index (κ1) is 7.68. The van der Waals surface area contributed by atoms with E-state index in [1.54, 1.807) is 0 Å². The summed E-state index contributed by atoms with van der Waals surface area (Å²) in [6, 6.07) is 10.0. The lowest BCUT2D eigenvalue weighted by molar-refractivity contribution is 0.0990. The molecule has 0 unspecified atom stereocenters. The molecule has 1 aliphatic carbocycles. The van der Waals surface area contributed by atoms with Crippen molar-refractivity contribution in [3.63, 3.8) is 0 Å². The van der Waals surface area contributed by atoms with Crippen molar-refractivity contribution in [2.24, 2.45) is 0 Å². The van der Waals surface area contributed by atoms with Gasteiger partial charge in [-0.15, -0.1) is 0 Å². The van der Waals surface area contributed by atoms with Crippen LogP contribution in [0.2, 0.25) is 0 Å². The fourth-order valence-electron chi connectivity index (χ4n) is 1.96. The van der Waals surface area contributed by atoms with Gasteiger partial charge in [-0.1, -0.05) is 18.2 Å². The molecular weight excluding hydrogens is 174 g/mol. The summed E-state index contributed by atoms with van der Waals surface area (Å²) >= 11 is 0. The number of carbonyl (C=O) groups is 1. The second-order valence-electron chi connectivity index (χ2n) is 3.61. The maximum atomic E-state index is 11.4. The number of pyridine rings is 1. The lowest BCUT2D eigenvalue weighted by Gasteiger charge is -2.00. The molecule has 0 radical (unpaired) electrons. The van der Waals surface area contributed by atoms with Gasteiger partial charge < -0.3 is 0 Å². The Labute approximate surface area is 81.6 Å². The van der Waals surface area contributed by atoms with Crippen LogP contribution in [0, 0.1) is 0 Å². The highest BCUT2D eigenvalue weighted by Crippen LogP contribution is 2.24. The number of ketones is 1. The van der Waals surface area contributed by atoms with Gasteiger partial charge in [0.05, 0.1) is 5.52 Å². The maximum Gasteiger partial charge on any atom is 0.181 e. The monoisotopic (exact) mass is 183 g/mol. The molecule has 0 spiro atoms. The van der Waals surface area contributed by atoms with Crippen molar-refractivity contribution in [1.29, 1.82) is 0 Å². The van der Waals surface area contributed by atoms with Crippen LogP contribution in [0.15, 0.2) is 30.3 Å². The minimum atomic E-state index is 0.186. The fourth-order valence-corrected chi connectivity index (χ4v) is 1.96. The van der Waals surface area contributed by atoms with Gasteiger partial charge in [0.15, 0.2) is 5.78 Å². The molecule has 0 fully saturated rings. The van der Waals surface area contributed by atoms with Crippen LogP contribution in [-0.2, 0) is 6.42 Å². The van der Waals surface area contributed by atoms with Crippen LogP contribution in [-0.4, -0.2) is 10.8 Å². The number of aryl methyl sites for hydroxylation is 1. The molecule has 1 heterocycles. The van der Waals surface area contributed by atoms with Crippen LogP contribution in [0.3, 0.4) is 0 Å². The van der Waals surface area contributed by atoms with Crippen LogP contribution in [0.5, 0.6) is 0 Å². The third-order valence-corrected chi connectivity index (χ3v) is 2.69. The molecule has 2 nitrogen and oxygen atoms in total. The Morgan fingerprint density at radius 2 is 2.00 bits per heavy atom. The molecule has 68 valence electrons. The zero-order valence-electron chi connectivity index (χ0n) is 7.66. The average molecular weight is 183 g/mol. The molecule has 1 aliphatic rings. The highest BCUT2D eigenvalue weighted by Gasteiger charge is 2.21. The number of rotatable bonds is 0. The smallest absolute Gasteiger partial charge is 0.181 e. The van der Waals surface area contributed by atoms with Crippen LogP contribution in [0.25, 0.3) is 10.9 Å². The summed E-state index contributed by atoms with van der Waals surface area (Å²) in [5.41, 5.74) is 2.71. The third-order valence-electron chi connectivity index (χ3n) is 2.69. The molecular formula is C12H9NO. The van der Waals surface area contributed by atoms with Gasteiger partial charge in [-0.3, -0.25) is 4.79 Å². The number of carbonyl (C=O) groups excluding carboxylic acids is 1. The van der Waals surface area contributed by atoms with E-state index in [9.17, 15) is 4.79 Å². The summed E-state index contributed by atoms with van der Waals surface area (Å²) in [5.74, 6) is 0.186. The molecule has 2 aromatic rings. The van der Waals surface area contributed by atoms with E-state index in [1.807, 2.05) is 24.3 Å². The first-order chi connectivity index (χ1) is 6.84. The Bertz CT molecular complexity index is 531. The first-order valence-corrected chi connectivity index (χ1v) is 4.76. The van der Waals surface area contributed by atoms with Crippen molar-refractivity contribution in [1.82, 2.24) is 4.98 Å². The van der Waals surface area contributed by atoms with Gasteiger partial charge >= 0.3 is 0 Å². The van der Waals surface area contributed by atoms with Crippen molar-refractivity contribution in [3.05, 3.63) is 41.6 Å². The number of aromatic nitrogens is 1. The Hall–Kier alpha value is -1.70. The van der Waals surface area contributed by atoms with E-state index in [1.165, 1.54) is 0 Å². The van der Waals surface area contributed by atoms with Gasteiger partial charge in [0, 0.05) is 11.8 Å². The summed E-state index contributed by atoms with van der Waals surface area (Å²) in [7, 11) is 0. The van der Waals surface area contributed by atoms with Crippen molar-refractivity contribution in [2.75, 3.05) is 0 Å². The molecule has 1 aromatic carbocycles. The predicted molar refractivity (Wildman–Crippen MR) is 54.4 cm³/mol. The molecule has 0 saturated carbocycles. The molecule has 0 bridgehead atoms. The molecule has 0 atom stereocenters. The minimum absolute atomic E-state index is 0.186. The molecule has 0 saturated heterocycles. The van der Waals surface area contributed by atoms with Crippen LogP contribution < -0.4 is 0 Å². The molecule has 2 heteroatoms. The first-order valence-electron chi connectivity index (χ1n) is 4.76. The maximum absolute atomic E-state index is 11.4. The van der Waals surface area contributed by atoms with Crippen LogP contribution in [0.4, 0.5) is 0 Å². The zero-order chi connectivity index (χ0) is 9.54. The number of benzene rings is 1. The van der Waals surface area contributed by atoms with E-state index in [2.05, 4.69) is 11.1 Å². The lowest BCUT2D eigenvalue weighted by Crippen LogP contribution is -1.95. The van der Waals surface area contributed by atoms with Crippen LogP contribution in [0.1, 0.15) is 22.5 Å². The fraction of sp³-hybridized carbons (Fsp3) is 0.167. The number of nitrogens with zero attached hydrogens (tertiary/aromatic N) is 1. The standard InChI is InChI=1S/C12H9NO/c14-11-6-5-9-7-8-3-1-2-4-10(8)13-12(9)11/h1-4,7H,5-6H2. The molecule has 1 aromatic heterocycles. The number of Topliss-reactive ketones (excluding diaryl/α,β-unsaturated/α-hetero) is 1. The third kappa shape index (κ3) is 0.970. The topological polar surface area (TPSA) is 30.0 Å². The number of hydrogen-bond acceptors (Lipinski definition) is 2. The summed E-state index contributed by atoms with van der Waals surface area (Å²) < 4.78 is 0. The quantitative estimate of drug-likeness (QED) is 0.627. The van der Waals surface area contributed by atoms with Crippen molar-refractivity contribution < 1.29 is 4.79 Å². The highest BCUT2D eigenvalue weighted by molar-refractivity contribution is 6.00. The van der Waals surface area contributed by atoms with E-state index in [4.69, 9.17) is 0 Å². The molecule has 0 amide bonds. The second-order valence-corrected chi connectivity index (χ2v) is 3.61. The SMILES string of the molecule is O=C1CCc2cc3ccccc3nc21. The van der Waals surface area contributed by atoms with Crippen molar-refractivity contribution in [2.45, 2.75) is 12.8 Å². The summed E-state index contributed by atoms with van der Waals surface area (Å²) in [5, 5.41) is 1.13. The van der Waals surface area contributed by atoms with Gasteiger partial charge in [0.1, 0.15) is 5.69 Å². The van der Waals surface area contributed by atoms with Gasteiger partial charge in [-0.25, -0.2) is 4.98 Å². The van der Waals surface area contributed by atoms with Crippen LogP contribution >= 0.6 is 0 Å². The number of fused-ring (bicyclic) bond motifs is 2. The van der Waals surface area contributed by atoms with Gasteiger partial charge in [0.25, 0.3) is 0 Å². The van der Waals surface area contributed by atoms with Gasteiger partial charge in [-0.2, -0.15) is 0 Å². The minimum Gasteiger partial charge on any atom is -0.292 e. The number of para-hydroxylation sites is 1. The molecule has 0 N–H and O–H groups in total.